The van der Waals surface area contributed by atoms with Crippen LogP contribution < -0.4 is 0 Å². The maximum absolute atomic E-state index is 13.5. The Morgan fingerprint density at radius 1 is 1.21 bits per heavy atom. The number of nitro groups is 1. The number of hydrogen-bond donors (Lipinski definition) is 0. The fourth-order valence-electron chi connectivity index (χ4n) is 4.47. The molecule has 0 radical (unpaired) electrons. The lowest BCUT2D eigenvalue weighted by Crippen LogP contribution is -2.48. The van der Waals surface area contributed by atoms with Crippen LogP contribution in [0.2, 0.25) is 0 Å². The molecule has 8 heteroatoms. The summed E-state index contributed by atoms with van der Waals surface area (Å²) in [5, 5.41) is 11.1. The lowest BCUT2D eigenvalue weighted by Gasteiger charge is -2.38. The Morgan fingerprint density at radius 3 is 2.55 bits per heavy atom. The summed E-state index contributed by atoms with van der Waals surface area (Å²) in [6, 6.07) is 6.18. The predicted octanol–water partition coefficient (Wildman–Crippen LogP) is 2.64. The Balaban J connectivity index is 1.78. The summed E-state index contributed by atoms with van der Waals surface area (Å²) >= 11 is 0. The van der Waals surface area contributed by atoms with E-state index in [1.807, 2.05) is 6.92 Å². The highest BCUT2D eigenvalue weighted by molar-refractivity contribution is 6.10. The van der Waals surface area contributed by atoms with Crippen LogP contribution in [0.25, 0.3) is 0 Å². The number of morpholine rings is 1. The van der Waals surface area contributed by atoms with Gasteiger partial charge in [0.2, 0.25) is 5.91 Å². The normalized spacial score (nSPS) is 24.8. The zero-order chi connectivity index (χ0) is 20.5. The van der Waals surface area contributed by atoms with Gasteiger partial charge in [-0.15, -0.1) is 0 Å². The Bertz CT molecular complexity index is 913. The average molecular weight is 397 g/mol. The molecule has 3 aliphatic rings. The van der Waals surface area contributed by atoms with Crippen molar-refractivity contribution in [1.82, 2.24) is 4.90 Å². The van der Waals surface area contributed by atoms with E-state index in [1.54, 1.807) is 17.0 Å². The lowest BCUT2D eigenvalue weighted by molar-refractivity contribution is -0.384. The van der Waals surface area contributed by atoms with Crippen molar-refractivity contribution in [2.75, 3.05) is 26.3 Å². The fourth-order valence-corrected chi connectivity index (χ4v) is 4.47. The molecule has 0 bridgehead atoms. The first-order chi connectivity index (χ1) is 14.0. The molecule has 29 heavy (non-hydrogen) atoms. The summed E-state index contributed by atoms with van der Waals surface area (Å²) in [5.74, 6) is -1.10. The quantitative estimate of drug-likeness (QED) is 0.576. The summed E-state index contributed by atoms with van der Waals surface area (Å²) in [6.07, 6.45) is 1.90. The molecule has 2 heterocycles. The summed E-state index contributed by atoms with van der Waals surface area (Å²) in [6.45, 7) is 3.84. The number of hydrogen-bond acceptors (Lipinski definition) is 6. The average Bonchev–Trinajstić information content (AvgIpc) is 2.73. The van der Waals surface area contributed by atoms with Crippen LogP contribution in [0.1, 0.15) is 37.7 Å². The molecule has 0 saturated carbocycles. The van der Waals surface area contributed by atoms with Crippen LogP contribution in [0, 0.1) is 16.0 Å². The van der Waals surface area contributed by atoms with Gasteiger partial charge in [-0.1, -0.05) is 12.1 Å². The highest BCUT2D eigenvalue weighted by Crippen LogP contribution is 2.44. The summed E-state index contributed by atoms with van der Waals surface area (Å²) in [7, 11) is 0. The smallest absolute Gasteiger partial charge is 0.269 e. The number of carbonyl (C=O) groups excluding carboxylic acids is 2. The van der Waals surface area contributed by atoms with Gasteiger partial charge < -0.3 is 9.64 Å². The largest absolute Gasteiger partial charge is 0.378 e. The van der Waals surface area contributed by atoms with E-state index in [2.05, 4.69) is 4.99 Å². The third kappa shape index (κ3) is 3.60. The van der Waals surface area contributed by atoms with Gasteiger partial charge in [0.1, 0.15) is 0 Å². The zero-order valence-electron chi connectivity index (χ0n) is 16.3. The van der Waals surface area contributed by atoms with E-state index < -0.39 is 16.8 Å². The van der Waals surface area contributed by atoms with E-state index in [9.17, 15) is 19.7 Å². The molecule has 1 unspecified atom stereocenters. The number of amides is 1. The number of benzene rings is 1. The van der Waals surface area contributed by atoms with E-state index in [-0.39, 0.29) is 17.4 Å². The van der Waals surface area contributed by atoms with Gasteiger partial charge in [0.15, 0.2) is 5.78 Å². The van der Waals surface area contributed by atoms with Crippen molar-refractivity contribution < 1.29 is 19.2 Å². The van der Waals surface area contributed by atoms with E-state index in [4.69, 9.17) is 4.74 Å². The second kappa shape index (κ2) is 7.87. The van der Waals surface area contributed by atoms with Gasteiger partial charge in [0.05, 0.1) is 24.1 Å². The molecule has 1 aromatic carbocycles. The van der Waals surface area contributed by atoms with Crippen molar-refractivity contribution in [1.29, 1.82) is 0 Å². The molecular formula is C21H23N3O5. The van der Waals surface area contributed by atoms with Crippen LogP contribution in [-0.4, -0.2) is 53.5 Å². The van der Waals surface area contributed by atoms with E-state index in [1.165, 1.54) is 12.1 Å². The Labute approximate surface area is 168 Å². The van der Waals surface area contributed by atoms with Gasteiger partial charge >= 0.3 is 0 Å². The maximum Gasteiger partial charge on any atom is 0.269 e. The van der Waals surface area contributed by atoms with Crippen molar-refractivity contribution in [3.63, 3.8) is 0 Å². The van der Waals surface area contributed by atoms with Crippen LogP contribution >= 0.6 is 0 Å². The molecule has 8 nitrogen and oxygen atoms in total. The van der Waals surface area contributed by atoms with E-state index in [0.717, 1.165) is 17.7 Å². The number of allylic oxidation sites excluding steroid dienone is 2. The third-order valence-corrected chi connectivity index (χ3v) is 5.89. The number of Topliss-reactive ketones (excluding diaryl/α,β-unsaturated/α-hetero) is 1. The molecule has 2 aliphatic heterocycles. The highest BCUT2D eigenvalue weighted by atomic mass is 16.6. The number of rotatable bonds is 3. The van der Waals surface area contributed by atoms with Gasteiger partial charge in [-0.25, -0.2) is 0 Å². The summed E-state index contributed by atoms with van der Waals surface area (Å²) < 4.78 is 5.36. The molecule has 0 spiro atoms. The predicted molar refractivity (Wildman–Crippen MR) is 106 cm³/mol. The molecular weight excluding hydrogens is 374 g/mol. The number of nitrogens with zero attached hydrogens (tertiary/aromatic N) is 3. The van der Waals surface area contributed by atoms with Gasteiger partial charge in [-0.3, -0.25) is 24.7 Å². The third-order valence-electron chi connectivity index (χ3n) is 5.89. The molecule has 152 valence electrons. The van der Waals surface area contributed by atoms with Gasteiger partial charge in [0, 0.05) is 54.5 Å². The van der Waals surface area contributed by atoms with Crippen LogP contribution in [0.4, 0.5) is 5.69 Å². The van der Waals surface area contributed by atoms with Crippen LogP contribution in [0.5, 0.6) is 0 Å². The number of ketones is 1. The first-order valence-corrected chi connectivity index (χ1v) is 9.89. The van der Waals surface area contributed by atoms with E-state index >= 15 is 0 Å². The minimum atomic E-state index is -0.588. The highest BCUT2D eigenvalue weighted by Gasteiger charge is 2.43. The van der Waals surface area contributed by atoms with Crippen molar-refractivity contribution >= 4 is 23.1 Å². The van der Waals surface area contributed by atoms with Crippen molar-refractivity contribution in [2.24, 2.45) is 10.9 Å². The lowest BCUT2D eigenvalue weighted by atomic mass is 9.71. The molecule has 1 fully saturated rings. The summed E-state index contributed by atoms with van der Waals surface area (Å²) in [5.41, 5.74) is 2.77. The molecule has 1 amide bonds. The number of ether oxygens (including phenoxy) is 1. The monoisotopic (exact) mass is 397 g/mol. The first kappa shape index (κ1) is 19.4. The second-order valence-electron chi connectivity index (χ2n) is 7.63. The fraction of sp³-hybridized carbons (Fsp3) is 0.476. The summed E-state index contributed by atoms with van der Waals surface area (Å²) in [4.78, 5) is 43.3. The van der Waals surface area contributed by atoms with Crippen LogP contribution in [0.3, 0.4) is 0 Å². The molecule has 1 aromatic rings. The number of carbonyl (C=O) groups is 2. The molecule has 4 rings (SSSR count). The second-order valence-corrected chi connectivity index (χ2v) is 7.63. The Kier molecular flexibility index (Phi) is 5.27. The van der Waals surface area contributed by atoms with Gasteiger partial charge in [-0.05, 0) is 25.3 Å². The first-order valence-electron chi connectivity index (χ1n) is 9.89. The maximum atomic E-state index is 13.5. The van der Waals surface area contributed by atoms with Crippen molar-refractivity contribution in [2.45, 2.75) is 32.1 Å². The zero-order valence-corrected chi connectivity index (χ0v) is 16.3. The number of nitro benzene ring substituents is 1. The molecule has 0 N–H and O–H groups in total. The van der Waals surface area contributed by atoms with E-state index in [0.29, 0.717) is 50.4 Å². The number of aliphatic imine (C=N–C) groups is 1. The van der Waals surface area contributed by atoms with Gasteiger partial charge in [-0.2, -0.15) is 0 Å². The standard InChI is InChI=1S/C21H23N3O5/c1-13-18(21(26)23-9-11-29-12-10-23)19(14-5-7-15(8-6-14)24(27)28)20-16(22-13)3-2-4-17(20)25/h5-8,18-19H,2-4,9-12H2,1H3/t18?,19-/m0/s1. The van der Waals surface area contributed by atoms with Crippen molar-refractivity contribution in [3.8, 4) is 0 Å². The number of non-ortho nitro benzene ring substituents is 1. The molecule has 2 atom stereocenters. The Hall–Kier alpha value is -2.87. The van der Waals surface area contributed by atoms with Crippen LogP contribution in [-0.2, 0) is 14.3 Å². The SMILES string of the molecule is CC1=NC2=C(C(=O)CCC2)[C@@H](c2ccc([N+](=O)[O-])cc2)C1C(=O)N1CCOCC1. The minimum absolute atomic E-state index is 0.0184. The minimum Gasteiger partial charge on any atom is -0.378 e. The molecule has 1 aliphatic carbocycles. The topological polar surface area (TPSA) is 102 Å². The van der Waals surface area contributed by atoms with Crippen LogP contribution in [0.15, 0.2) is 40.5 Å². The Morgan fingerprint density at radius 2 is 1.90 bits per heavy atom. The molecule has 0 aromatic heterocycles. The molecule has 1 saturated heterocycles. The van der Waals surface area contributed by atoms with Crippen molar-refractivity contribution in [3.05, 3.63) is 51.2 Å². The van der Waals surface area contributed by atoms with Gasteiger partial charge in [0.25, 0.3) is 5.69 Å².